The zero-order chi connectivity index (χ0) is 22.6. The number of aromatic nitrogens is 3. The highest BCUT2D eigenvalue weighted by Gasteiger charge is 2.06. The van der Waals surface area contributed by atoms with Crippen LogP contribution in [0.15, 0.2) is 55.0 Å². The maximum absolute atomic E-state index is 12.3. The van der Waals surface area contributed by atoms with Crippen molar-refractivity contribution in [2.45, 2.75) is 33.1 Å². The smallest absolute Gasteiger partial charge is 0.251 e. The second-order valence-corrected chi connectivity index (χ2v) is 7.39. The molecule has 8 nitrogen and oxygen atoms in total. The number of amides is 1. The number of hydrogen-bond acceptors (Lipinski definition) is 7. The summed E-state index contributed by atoms with van der Waals surface area (Å²) in [5.74, 6) is 2.68. The van der Waals surface area contributed by atoms with E-state index in [1.165, 1.54) is 6.33 Å². The predicted molar refractivity (Wildman–Crippen MR) is 127 cm³/mol. The van der Waals surface area contributed by atoms with E-state index in [9.17, 15) is 4.79 Å². The molecule has 1 aromatic carbocycles. The van der Waals surface area contributed by atoms with E-state index in [-0.39, 0.29) is 5.91 Å². The average molecular weight is 435 g/mol. The molecule has 0 bridgehead atoms. The van der Waals surface area contributed by atoms with Crippen molar-refractivity contribution in [3.05, 3.63) is 66.1 Å². The number of pyridine rings is 1. The first-order valence-corrected chi connectivity index (χ1v) is 10.9. The molecule has 0 saturated carbocycles. The lowest BCUT2D eigenvalue weighted by Crippen LogP contribution is -2.28. The Bertz CT molecular complexity index is 994. The number of nitrogens with zero attached hydrogens (tertiary/aromatic N) is 3. The normalized spacial score (nSPS) is 10.4. The molecule has 0 unspecified atom stereocenters. The van der Waals surface area contributed by atoms with E-state index in [1.807, 2.05) is 31.2 Å². The van der Waals surface area contributed by atoms with Crippen LogP contribution in [0.1, 0.15) is 42.1 Å². The maximum atomic E-state index is 12.3. The van der Waals surface area contributed by atoms with Gasteiger partial charge < -0.3 is 20.7 Å². The molecule has 2 aromatic heterocycles. The van der Waals surface area contributed by atoms with E-state index in [1.54, 1.807) is 24.4 Å². The summed E-state index contributed by atoms with van der Waals surface area (Å²) in [4.78, 5) is 25.0. The molecule has 0 aliphatic rings. The lowest BCUT2D eigenvalue weighted by molar-refractivity contribution is 0.0955. The van der Waals surface area contributed by atoms with E-state index in [2.05, 4.69) is 37.8 Å². The fourth-order valence-electron chi connectivity index (χ4n) is 2.97. The highest BCUT2D eigenvalue weighted by molar-refractivity contribution is 5.94. The first-order valence-electron chi connectivity index (χ1n) is 10.9. The molecule has 0 fully saturated rings. The summed E-state index contributed by atoms with van der Waals surface area (Å²) in [6, 6.07) is 12.9. The minimum atomic E-state index is -0.125. The van der Waals surface area contributed by atoms with Gasteiger partial charge in [-0.1, -0.05) is 19.8 Å². The van der Waals surface area contributed by atoms with Gasteiger partial charge in [0.2, 0.25) is 0 Å². The van der Waals surface area contributed by atoms with Gasteiger partial charge in [0.15, 0.2) is 0 Å². The van der Waals surface area contributed by atoms with Crippen LogP contribution in [0.2, 0.25) is 0 Å². The van der Waals surface area contributed by atoms with Gasteiger partial charge >= 0.3 is 0 Å². The van der Waals surface area contributed by atoms with E-state index in [0.717, 1.165) is 36.4 Å². The van der Waals surface area contributed by atoms with Crippen LogP contribution in [0.25, 0.3) is 0 Å². The molecule has 1 amide bonds. The monoisotopic (exact) mass is 434 g/mol. The molecule has 8 heteroatoms. The van der Waals surface area contributed by atoms with E-state index in [0.29, 0.717) is 36.9 Å². The van der Waals surface area contributed by atoms with Gasteiger partial charge in [-0.05, 0) is 55.3 Å². The van der Waals surface area contributed by atoms with E-state index < -0.39 is 0 Å². The molecule has 0 aliphatic carbocycles. The first-order chi connectivity index (χ1) is 15.6. The summed E-state index contributed by atoms with van der Waals surface area (Å²) in [6.45, 7) is 5.86. The van der Waals surface area contributed by atoms with E-state index >= 15 is 0 Å². The van der Waals surface area contributed by atoms with Crippen LogP contribution < -0.4 is 20.7 Å². The molecule has 0 radical (unpaired) electrons. The van der Waals surface area contributed by atoms with Gasteiger partial charge in [-0.3, -0.25) is 4.79 Å². The van der Waals surface area contributed by atoms with Crippen molar-refractivity contribution < 1.29 is 9.53 Å². The Kier molecular flexibility index (Phi) is 8.80. The number of nitrogens with one attached hydrogen (secondary N) is 3. The van der Waals surface area contributed by atoms with Crippen molar-refractivity contribution in [3.63, 3.8) is 0 Å². The number of unbranched alkanes of at least 4 members (excludes halogenated alkanes) is 2. The Morgan fingerprint density at radius 1 is 0.938 bits per heavy atom. The van der Waals surface area contributed by atoms with Crippen LogP contribution in [0.3, 0.4) is 0 Å². The van der Waals surface area contributed by atoms with Crippen molar-refractivity contribution >= 4 is 23.4 Å². The lowest BCUT2D eigenvalue weighted by Gasteiger charge is -2.10. The fraction of sp³-hybridized carbons (Fsp3) is 0.333. The Labute approximate surface area is 188 Å². The third-order valence-electron chi connectivity index (χ3n) is 4.69. The van der Waals surface area contributed by atoms with Gasteiger partial charge in [-0.25, -0.2) is 15.0 Å². The minimum Gasteiger partial charge on any atom is -0.494 e. The highest BCUT2D eigenvalue weighted by Crippen LogP contribution is 2.15. The number of aryl methyl sites for hydroxylation is 1. The lowest BCUT2D eigenvalue weighted by atomic mass is 10.2. The van der Waals surface area contributed by atoms with Gasteiger partial charge in [0, 0.05) is 30.9 Å². The number of anilines is 3. The SMILES string of the molecule is CCCCCOc1ccc(C(=O)NCCNc2cc(Nc3cc(C)ccn3)ncn2)cc1. The minimum absolute atomic E-state index is 0.125. The van der Waals surface area contributed by atoms with Crippen molar-refractivity contribution in [3.8, 4) is 5.75 Å². The quantitative estimate of drug-likeness (QED) is 0.365. The van der Waals surface area contributed by atoms with Crippen LogP contribution in [0.5, 0.6) is 5.75 Å². The fourth-order valence-corrected chi connectivity index (χ4v) is 2.97. The van der Waals surface area contributed by atoms with Crippen molar-refractivity contribution in [1.29, 1.82) is 0 Å². The summed E-state index contributed by atoms with van der Waals surface area (Å²) in [6.07, 6.45) is 6.58. The topological polar surface area (TPSA) is 101 Å². The summed E-state index contributed by atoms with van der Waals surface area (Å²) < 4.78 is 5.68. The van der Waals surface area contributed by atoms with Crippen LogP contribution >= 0.6 is 0 Å². The molecule has 0 spiro atoms. The molecule has 0 saturated heterocycles. The molecule has 3 N–H and O–H groups in total. The molecular formula is C24H30N6O2. The summed E-state index contributed by atoms with van der Waals surface area (Å²) in [5, 5.41) is 9.24. The van der Waals surface area contributed by atoms with Gasteiger partial charge in [0.25, 0.3) is 5.91 Å². The summed E-state index contributed by atoms with van der Waals surface area (Å²) >= 11 is 0. The van der Waals surface area contributed by atoms with Gasteiger partial charge in [-0.15, -0.1) is 0 Å². The van der Waals surface area contributed by atoms with Crippen LogP contribution in [0.4, 0.5) is 17.5 Å². The third-order valence-corrected chi connectivity index (χ3v) is 4.69. The number of rotatable bonds is 12. The molecule has 0 atom stereocenters. The number of ether oxygens (including phenoxy) is 1. The first kappa shape index (κ1) is 23.0. The number of carbonyl (C=O) groups excluding carboxylic acids is 1. The highest BCUT2D eigenvalue weighted by atomic mass is 16.5. The van der Waals surface area contributed by atoms with Crippen molar-refractivity contribution in [2.75, 3.05) is 30.3 Å². The molecule has 3 rings (SSSR count). The summed E-state index contributed by atoms with van der Waals surface area (Å²) in [7, 11) is 0. The zero-order valence-corrected chi connectivity index (χ0v) is 18.6. The Morgan fingerprint density at radius 2 is 1.72 bits per heavy atom. The molecule has 2 heterocycles. The standard InChI is InChI=1S/C24H30N6O2/c1-3-4-5-14-32-20-8-6-19(7-9-20)24(31)27-13-12-26-21-16-23(29-17-28-21)30-22-15-18(2)10-11-25-22/h6-11,15-17H,3-5,12-14H2,1-2H3,(H,27,31)(H2,25,26,28,29,30). The number of benzene rings is 1. The number of carbonyl (C=O) groups is 1. The van der Waals surface area contributed by atoms with Gasteiger partial charge in [0.05, 0.1) is 6.61 Å². The van der Waals surface area contributed by atoms with Gasteiger partial charge in [0.1, 0.15) is 29.5 Å². The van der Waals surface area contributed by atoms with Crippen LogP contribution in [-0.4, -0.2) is 40.6 Å². The van der Waals surface area contributed by atoms with Gasteiger partial charge in [-0.2, -0.15) is 0 Å². The second kappa shape index (κ2) is 12.2. The van der Waals surface area contributed by atoms with Crippen LogP contribution in [0, 0.1) is 6.92 Å². The van der Waals surface area contributed by atoms with Crippen molar-refractivity contribution in [2.24, 2.45) is 0 Å². The maximum Gasteiger partial charge on any atom is 0.251 e. The Morgan fingerprint density at radius 3 is 2.50 bits per heavy atom. The second-order valence-electron chi connectivity index (χ2n) is 7.39. The molecule has 32 heavy (non-hydrogen) atoms. The molecule has 0 aliphatic heterocycles. The Balaban J connectivity index is 1.40. The predicted octanol–water partition coefficient (Wildman–Crippen LogP) is 4.33. The Hall–Kier alpha value is -3.68. The number of hydrogen-bond donors (Lipinski definition) is 3. The van der Waals surface area contributed by atoms with E-state index in [4.69, 9.17) is 4.74 Å². The average Bonchev–Trinajstić information content (AvgIpc) is 2.80. The van der Waals surface area contributed by atoms with Crippen molar-refractivity contribution in [1.82, 2.24) is 20.3 Å². The molecule has 168 valence electrons. The zero-order valence-electron chi connectivity index (χ0n) is 18.6. The molecule has 3 aromatic rings. The molecular weight excluding hydrogens is 404 g/mol. The van der Waals surface area contributed by atoms with Crippen LogP contribution in [-0.2, 0) is 0 Å². The third kappa shape index (κ3) is 7.54. The largest absolute Gasteiger partial charge is 0.494 e. The summed E-state index contributed by atoms with van der Waals surface area (Å²) in [5.41, 5.74) is 1.71.